The van der Waals surface area contributed by atoms with E-state index in [0.717, 1.165) is 47.1 Å². The second kappa shape index (κ2) is 9.14. The van der Waals surface area contributed by atoms with E-state index in [1.54, 1.807) is 0 Å². The van der Waals surface area contributed by atoms with Crippen molar-refractivity contribution in [1.82, 2.24) is 30.1 Å². The summed E-state index contributed by atoms with van der Waals surface area (Å²) in [5.41, 5.74) is 2.63. The summed E-state index contributed by atoms with van der Waals surface area (Å²) in [5, 5.41) is 13.9. The molecule has 1 aliphatic carbocycles. The van der Waals surface area contributed by atoms with Crippen molar-refractivity contribution in [2.45, 2.75) is 97.3 Å². The van der Waals surface area contributed by atoms with Crippen LogP contribution in [0.5, 0.6) is 0 Å². The lowest BCUT2D eigenvalue weighted by Crippen LogP contribution is -2.42. The Bertz CT molecular complexity index is 1120. The fourth-order valence-electron chi connectivity index (χ4n) is 5.03. The van der Waals surface area contributed by atoms with Crippen LogP contribution >= 0.6 is 0 Å². The first-order chi connectivity index (χ1) is 15.3. The molecule has 172 valence electrons. The molecule has 0 unspecified atom stereocenters. The van der Waals surface area contributed by atoms with Gasteiger partial charge in [-0.05, 0) is 80.5 Å². The summed E-state index contributed by atoms with van der Waals surface area (Å²) in [6, 6.07) is 8.75. The summed E-state index contributed by atoms with van der Waals surface area (Å²) in [6.07, 6.45) is 6.94. The monoisotopic (exact) mass is 436 g/mol. The number of rotatable bonds is 6. The molecule has 0 aliphatic heterocycles. The van der Waals surface area contributed by atoms with Crippen LogP contribution in [0.4, 0.5) is 0 Å². The second-order valence-electron chi connectivity index (χ2n) is 10.2. The number of hydrogen-bond donors (Lipinski definition) is 1. The van der Waals surface area contributed by atoms with Crippen molar-refractivity contribution >= 4 is 10.9 Å². The van der Waals surface area contributed by atoms with E-state index in [2.05, 4.69) is 71.3 Å². The maximum Gasteiger partial charge on any atom is 0.252 e. The normalized spacial score (nSPS) is 16.7. The third kappa shape index (κ3) is 4.63. The fraction of sp³-hybridized carbons (Fsp3) is 0.600. The summed E-state index contributed by atoms with van der Waals surface area (Å²) in [7, 11) is 0. The zero-order valence-corrected chi connectivity index (χ0v) is 20.1. The van der Waals surface area contributed by atoms with Crippen LogP contribution in [-0.2, 0) is 12.1 Å². The Morgan fingerprint density at radius 1 is 1.19 bits per heavy atom. The van der Waals surface area contributed by atoms with Gasteiger partial charge in [0.1, 0.15) is 0 Å². The molecule has 32 heavy (non-hydrogen) atoms. The molecular formula is C25H36N6O. The molecule has 4 rings (SSSR count). The van der Waals surface area contributed by atoms with E-state index < -0.39 is 0 Å². The van der Waals surface area contributed by atoms with Gasteiger partial charge in [0.2, 0.25) is 0 Å². The zero-order valence-electron chi connectivity index (χ0n) is 20.1. The van der Waals surface area contributed by atoms with Crippen LogP contribution in [0, 0.1) is 6.92 Å². The highest BCUT2D eigenvalue weighted by molar-refractivity contribution is 5.79. The number of aromatic nitrogens is 5. The number of benzene rings is 1. The third-order valence-electron chi connectivity index (χ3n) is 6.69. The second-order valence-corrected chi connectivity index (χ2v) is 10.2. The van der Waals surface area contributed by atoms with E-state index in [9.17, 15) is 4.79 Å². The van der Waals surface area contributed by atoms with Crippen molar-refractivity contribution in [2.24, 2.45) is 0 Å². The van der Waals surface area contributed by atoms with Gasteiger partial charge in [-0.2, -0.15) is 0 Å². The van der Waals surface area contributed by atoms with Gasteiger partial charge in [0.05, 0.1) is 11.6 Å². The minimum atomic E-state index is -0.206. The van der Waals surface area contributed by atoms with Gasteiger partial charge in [0, 0.05) is 23.7 Å². The van der Waals surface area contributed by atoms with Crippen LogP contribution in [-0.4, -0.2) is 36.1 Å². The van der Waals surface area contributed by atoms with E-state index >= 15 is 0 Å². The van der Waals surface area contributed by atoms with Gasteiger partial charge in [0.25, 0.3) is 5.56 Å². The largest absolute Gasteiger partial charge is 0.322 e. The lowest BCUT2D eigenvalue weighted by molar-refractivity contribution is 0.0810. The Kier molecular flexibility index (Phi) is 6.47. The van der Waals surface area contributed by atoms with Crippen LogP contribution in [0.15, 0.2) is 29.1 Å². The van der Waals surface area contributed by atoms with Crippen molar-refractivity contribution in [3.8, 4) is 0 Å². The minimum Gasteiger partial charge on any atom is -0.322 e. The van der Waals surface area contributed by atoms with Crippen LogP contribution in [0.1, 0.15) is 89.2 Å². The van der Waals surface area contributed by atoms with Gasteiger partial charge in [-0.25, -0.2) is 4.68 Å². The Hall–Kier alpha value is -2.54. The first kappa shape index (κ1) is 22.6. The molecule has 1 fully saturated rings. The van der Waals surface area contributed by atoms with Gasteiger partial charge >= 0.3 is 0 Å². The predicted molar refractivity (Wildman–Crippen MR) is 128 cm³/mol. The Morgan fingerprint density at radius 3 is 2.62 bits per heavy atom. The van der Waals surface area contributed by atoms with Gasteiger partial charge < -0.3 is 4.98 Å². The SMILES string of the molecule is CC[C@@H](c1nnnn1C(C)(C)C)N(Cc1cc2ccc(C)cc2[nH]c1=O)C1CCCCC1. The summed E-state index contributed by atoms with van der Waals surface area (Å²) in [5.74, 6) is 0.887. The number of aryl methyl sites for hydroxylation is 1. The lowest BCUT2D eigenvalue weighted by Gasteiger charge is -2.39. The van der Waals surface area contributed by atoms with Crippen LogP contribution in [0.25, 0.3) is 10.9 Å². The molecule has 1 saturated carbocycles. The molecule has 0 bridgehead atoms. The average molecular weight is 437 g/mol. The minimum absolute atomic E-state index is 0.00539. The molecule has 3 aromatic rings. The number of nitrogens with one attached hydrogen (secondary N) is 1. The standard InChI is InChI=1S/C25H36N6O/c1-6-22(23-27-28-29-31(23)25(3,4)5)30(20-10-8-7-9-11-20)16-19-15-18-13-12-17(2)14-21(18)26-24(19)32/h12-15,20,22H,6-11,16H2,1-5H3,(H,26,32)/t22-/m0/s1. The first-order valence-corrected chi connectivity index (χ1v) is 11.9. The number of H-pyrrole nitrogens is 1. The number of nitrogens with zero attached hydrogens (tertiary/aromatic N) is 5. The number of tetrazole rings is 1. The summed E-state index contributed by atoms with van der Waals surface area (Å²) in [4.78, 5) is 18.7. The summed E-state index contributed by atoms with van der Waals surface area (Å²) >= 11 is 0. The number of hydrogen-bond acceptors (Lipinski definition) is 5. The third-order valence-corrected chi connectivity index (χ3v) is 6.69. The Morgan fingerprint density at radius 2 is 1.94 bits per heavy atom. The summed E-state index contributed by atoms with van der Waals surface area (Å²) < 4.78 is 1.95. The summed E-state index contributed by atoms with van der Waals surface area (Å²) in [6.45, 7) is 11.2. The quantitative estimate of drug-likeness (QED) is 0.597. The highest BCUT2D eigenvalue weighted by Gasteiger charge is 2.33. The topological polar surface area (TPSA) is 79.7 Å². The number of pyridine rings is 1. The van der Waals surface area contributed by atoms with E-state index in [1.807, 2.05) is 17.7 Å². The van der Waals surface area contributed by atoms with Crippen LogP contribution in [0.3, 0.4) is 0 Å². The van der Waals surface area contributed by atoms with Gasteiger partial charge in [-0.3, -0.25) is 9.69 Å². The van der Waals surface area contributed by atoms with E-state index in [1.165, 1.54) is 19.3 Å². The zero-order chi connectivity index (χ0) is 22.9. The van der Waals surface area contributed by atoms with Crippen molar-refractivity contribution in [3.63, 3.8) is 0 Å². The molecular weight excluding hydrogens is 400 g/mol. The van der Waals surface area contributed by atoms with E-state index in [4.69, 9.17) is 0 Å². The van der Waals surface area contributed by atoms with Gasteiger partial charge in [-0.15, -0.1) is 5.10 Å². The number of aromatic amines is 1. The molecule has 1 aliphatic rings. The highest BCUT2D eigenvalue weighted by atomic mass is 16.1. The molecule has 0 spiro atoms. The van der Waals surface area contributed by atoms with Crippen molar-refractivity contribution in [1.29, 1.82) is 0 Å². The van der Waals surface area contributed by atoms with Crippen molar-refractivity contribution < 1.29 is 0 Å². The maximum absolute atomic E-state index is 13.1. The van der Waals surface area contributed by atoms with Crippen LogP contribution in [0.2, 0.25) is 0 Å². The number of fused-ring (bicyclic) bond motifs is 1. The lowest BCUT2D eigenvalue weighted by atomic mass is 9.92. The molecule has 2 aromatic heterocycles. The van der Waals surface area contributed by atoms with Gasteiger partial charge in [0.15, 0.2) is 5.82 Å². The molecule has 0 radical (unpaired) electrons. The molecule has 1 atom stereocenters. The van der Waals surface area contributed by atoms with Crippen molar-refractivity contribution in [2.75, 3.05) is 0 Å². The van der Waals surface area contributed by atoms with Crippen molar-refractivity contribution in [3.05, 3.63) is 51.6 Å². The Labute approximate surface area is 190 Å². The van der Waals surface area contributed by atoms with Crippen LogP contribution < -0.4 is 5.56 Å². The van der Waals surface area contributed by atoms with E-state index in [0.29, 0.717) is 12.6 Å². The maximum atomic E-state index is 13.1. The molecule has 2 heterocycles. The average Bonchev–Trinajstić information content (AvgIpc) is 3.25. The molecule has 1 aromatic carbocycles. The molecule has 1 N–H and O–H groups in total. The fourth-order valence-corrected chi connectivity index (χ4v) is 5.03. The molecule has 0 amide bonds. The smallest absolute Gasteiger partial charge is 0.252 e. The predicted octanol–water partition coefficient (Wildman–Crippen LogP) is 4.86. The Balaban J connectivity index is 1.75. The molecule has 7 heteroatoms. The first-order valence-electron chi connectivity index (χ1n) is 11.9. The molecule has 0 saturated heterocycles. The molecule has 7 nitrogen and oxygen atoms in total. The highest BCUT2D eigenvalue weighted by Crippen LogP contribution is 2.34. The van der Waals surface area contributed by atoms with Gasteiger partial charge in [-0.1, -0.05) is 38.3 Å². The van der Waals surface area contributed by atoms with E-state index in [-0.39, 0.29) is 17.1 Å².